The Morgan fingerprint density at radius 3 is 2.77 bits per heavy atom. The van der Waals surface area contributed by atoms with Crippen molar-refractivity contribution in [2.45, 2.75) is 39.2 Å². The van der Waals surface area contributed by atoms with Crippen molar-refractivity contribution in [2.24, 2.45) is 11.8 Å². The summed E-state index contributed by atoms with van der Waals surface area (Å²) in [4.78, 5) is 11.5. The molecule has 1 amide bonds. The van der Waals surface area contributed by atoms with Crippen molar-refractivity contribution in [2.75, 3.05) is 0 Å². The second kappa shape index (κ2) is 4.27. The van der Waals surface area contributed by atoms with Gasteiger partial charge < -0.3 is 5.32 Å². The summed E-state index contributed by atoms with van der Waals surface area (Å²) in [6.45, 7) is 3.87. The van der Waals surface area contributed by atoms with E-state index in [1.165, 1.54) is 0 Å². The van der Waals surface area contributed by atoms with Crippen LogP contribution in [-0.2, 0) is 4.79 Å². The zero-order chi connectivity index (χ0) is 9.84. The minimum Gasteiger partial charge on any atom is -0.340 e. The molecule has 1 aliphatic rings. The number of nitrogens with one attached hydrogen (secondary N) is 1. The molecule has 1 N–H and O–H groups in total. The van der Waals surface area contributed by atoms with Gasteiger partial charge in [0.15, 0.2) is 0 Å². The molecule has 72 valence electrons. The molecule has 0 aromatic rings. The molecule has 0 aromatic heterocycles. The predicted octanol–water partition coefficient (Wildman–Crippen LogP) is 1.45. The maximum Gasteiger partial charge on any atom is 0.224 e. The van der Waals surface area contributed by atoms with Crippen molar-refractivity contribution in [3.05, 3.63) is 0 Å². The maximum absolute atomic E-state index is 11.5. The molecule has 0 bridgehead atoms. The maximum atomic E-state index is 11.5. The highest BCUT2D eigenvalue weighted by molar-refractivity contribution is 5.79. The zero-order valence-electron chi connectivity index (χ0n) is 8.21. The average Bonchev–Trinajstić information content (AvgIpc) is 2.51. The second-order valence-corrected chi connectivity index (χ2v) is 3.97. The highest BCUT2D eigenvalue weighted by atomic mass is 16.1. The molecule has 1 aliphatic carbocycles. The van der Waals surface area contributed by atoms with Crippen molar-refractivity contribution in [1.82, 2.24) is 5.32 Å². The Labute approximate surface area is 79.1 Å². The zero-order valence-corrected chi connectivity index (χ0v) is 8.21. The minimum atomic E-state index is -0.358. The van der Waals surface area contributed by atoms with Crippen molar-refractivity contribution in [3.63, 3.8) is 0 Å². The highest BCUT2D eigenvalue weighted by Gasteiger charge is 2.27. The highest BCUT2D eigenvalue weighted by Crippen LogP contribution is 2.30. The Bertz CT molecular complexity index is 232. The number of carbonyl (C=O) groups excluding carboxylic acids is 1. The lowest BCUT2D eigenvalue weighted by atomic mass is 10.1. The van der Waals surface area contributed by atoms with Crippen LogP contribution in [0.15, 0.2) is 0 Å². The Balaban J connectivity index is 2.37. The third-order valence-corrected chi connectivity index (χ3v) is 2.62. The third kappa shape index (κ3) is 2.73. The summed E-state index contributed by atoms with van der Waals surface area (Å²) in [5, 5.41) is 11.2. The van der Waals surface area contributed by atoms with Gasteiger partial charge in [0.2, 0.25) is 5.91 Å². The average molecular weight is 180 g/mol. The lowest BCUT2D eigenvalue weighted by Gasteiger charge is -2.11. The van der Waals surface area contributed by atoms with Crippen LogP contribution in [0.5, 0.6) is 0 Å². The first-order valence-electron chi connectivity index (χ1n) is 4.83. The van der Waals surface area contributed by atoms with E-state index in [0.29, 0.717) is 5.92 Å². The van der Waals surface area contributed by atoms with E-state index in [1.807, 2.05) is 6.07 Å². The number of amides is 1. The summed E-state index contributed by atoms with van der Waals surface area (Å²) in [6.07, 6.45) is 3.09. The van der Waals surface area contributed by atoms with Gasteiger partial charge in [-0.3, -0.25) is 4.79 Å². The van der Waals surface area contributed by atoms with Crippen LogP contribution in [0.2, 0.25) is 0 Å². The number of rotatable bonds is 2. The van der Waals surface area contributed by atoms with Gasteiger partial charge in [0.25, 0.3) is 0 Å². The van der Waals surface area contributed by atoms with Crippen molar-refractivity contribution < 1.29 is 4.79 Å². The first-order valence-corrected chi connectivity index (χ1v) is 4.83. The molecular formula is C10H16N2O. The van der Waals surface area contributed by atoms with Crippen molar-refractivity contribution in [3.8, 4) is 6.07 Å². The van der Waals surface area contributed by atoms with E-state index in [1.54, 1.807) is 6.92 Å². The molecule has 3 heteroatoms. The lowest BCUT2D eigenvalue weighted by Crippen LogP contribution is -2.35. The topological polar surface area (TPSA) is 52.9 Å². The van der Waals surface area contributed by atoms with Gasteiger partial charge in [-0.15, -0.1) is 0 Å². The summed E-state index contributed by atoms with van der Waals surface area (Å²) in [6, 6.07) is 1.64. The van der Waals surface area contributed by atoms with Crippen LogP contribution in [0, 0.1) is 23.2 Å². The van der Waals surface area contributed by atoms with Crippen LogP contribution < -0.4 is 5.32 Å². The fourth-order valence-corrected chi connectivity index (χ4v) is 1.81. The van der Waals surface area contributed by atoms with Gasteiger partial charge >= 0.3 is 0 Å². The Morgan fingerprint density at radius 2 is 2.31 bits per heavy atom. The number of nitriles is 1. The molecule has 13 heavy (non-hydrogen) atoms. The molecule has 0 radical (unpaired) electrons. The molecule has 3 atom stereocenters. The SMILES string of the molecule is CC1CCC(C(=O)N[C@H](C)C#N)C1. The summed E-state index contributed by atoms with van der Waals surface area (Å²) < 4.78 is 0. The predicted molar refractivity (Wildman–Crippen MR) is 49.7 cm³/mol. The van der Waals surface area contributed by atoms with E-state index in [2.05, 4.69) is 12.2 Å². The normalized spacial score (nSPS) is 29.3. The van der Waals surface area contributed by atoms with Gasteiger partial charge in [0.1, 0.15) is 6.04 Å². The molecule has 3 nitrogen and oxygen atoms in total. The molecule has 2 unspecified atom stereocenters. The molecule has 1 rings (SSSR count). The van der Waals surface area contributed by atoms with Gasteiger partial charge in [-0.05, 0) is 32.1 Å². The van der Waals surface area contributed by atoms with Gasteiger partial charge in [0.05, 0.1) is 6.07 Å². The van der Waals surface area contributed by atoms with Crippen molar-refractivity contribution in [1.29, 1.82) is 5.26 Å². The first kappa shape index (κ1) is 10.0. The fourth-order valence-electron chi connectivity index (χ4n) is 1.81. The van der Waals surface area contributed by atoms with Crippen LogP contribution >= 0.6 is 0 Å². The molecular weight excluding hydrogens is 164 g/mol. The second-order valence-electron chi connectivity index (χ2n) is 3.97. The van der Waals surface area contributed by atoms with Gasteiger partial charge in [-0.1, -0.05) is 6.92 Å². The van der Waals surface area contributed by atoms with Crippen LogP contribution in [0.25, 0.3) is 0 Å². The lowest BCUT2D eigenvalue weighted by molar-refractivity contribution is -0.125. The molecule has 0 heterocycles. The van der Waals surface area contributed by atoms with Gasteiger partial charge in [-0.25, -0.2) is 0 Å². The monoisotopic (exact) mass is 180 g/mol. The quantitative estimate of drug-likeness (QED) is 0.699. The number of hydrogen-bond donors (Lipinski definition) is 1. The minimum absolute atomic E-state index is 0.0541. The fraction of sp³-hybridized carbons (Fsp3) is 0.800. The van der Waals surface area contributed by atoms with E-state index < -0.39 is 0 Å². The molecule has 1 fully saturated rings. The van der Waals surface area contributed by atoms with Crippen molar-refractivity contribution >= 4 is 5.91 Å². The molecule has 0 aliphatic heterocycles. The Morgan fingerprint density at radius 1 is 1.62 bits per heavy atom. The van der Waals surface area contributed by atoms with E-state index in [9.17, 15) is 4.79 Å². The Hall–Kier alpha value is -1.04. The Kier molecular flexibility index (Phi) is 3.30. The van der Waals surface area contributed by atoms with E-state index in [0.717, 1.165) is 19.3 Å². The summed E-state index contributed by atoms with van der Waals surface area (Å²) in [5.41, 5.74) is 0. The summed E-state index contributed by atoms with van der Waals surface area (Å²) in [7, 11) is 0. The first-order chi connectivity index (χ1) is 6.13. The van der Waals surface area contributed by atoms with Crippen LogP contribution in [-0.4, -0.2) is 11.9 Å². The third-order valence-electron chi connectivity index (χ3n) is 2.62. The number of hydrogen-bond acceptors (Lipinski definition) is 2. The number of carbonyl (C=O) groups is 1. The van der Waals surface area contributed by atoms with E-state index in [4.69, 9.17) is 5.26 Å². The van der Waals surface area contributed by atoms with Crippen LogP contribution in [0.1, 0.15) is 33.1 Å². The summed E-state index contributed by atoms with van der Waals surface area (Å²) >= 11 is 0. The standard InChI is InChI=1S/C10H16N2O/c1-7-3-4-9(5-7)10(13)12-8(2)6-11/h7-9H,3-5H2,1-2H3,(H,12,13)/t7?,8-,9?/m1/s1. The van der Waals surface area contributed by atoms with Gasteiger partial charge in [-0.2, -0.15) is 5.26 Å². The van der Waals surface area contributed by atoms with E-state index >= 15 is 0 Å². The summed E-state index contributed by atoms with van der Waals surface area (Å²) in [5.74, 6) is 0.859. The number of nitrogens with zero attached hydrogens (tertiary/aromatic N) is 1. The molecule has 0 spiro atoms. The van der Waals surface area contributed by atoms with Crippen LogP contribution in [0.4, 0.5) is 0 Å². The smallest absolute Gasteiger partial charge is 0.224 e. The van der Waals surface area contributed by atoms with Gasteiger partial charge in [0, 0.05) is 5.92 Å². The largest absolute Gasteiger partial charge is 0.340 e. The molecule has 0 saturated heterocycles. The molecule has 0 aromatic carbocycles. The van der Waals surface area contributed by atoms with Crippen LogP contribution in [0.3, 0.4) is 0 Å². The molecule has 1 saturated carbocycles. The van der Waals surface area contributed by atoms with E-state index in [-0.39, 0.29) is 17.9 Å².